The van der Waals surface area contributed by atoms with Gasteiger partial charge >= 0.3 is 12.2 Å². The molecular weight excluding hydrogens is 520 g/mol. The normalized spacial score (nSPS) is 23.6. The highest BCUT2D eigenvalue weighted by Gasteiger charge is 2.51. The maximum absolute atomic E-state index is 12.3. The highest BCUT2D eigenvalue weighted by Crippen LogP contribution is 2.31. The van der Waals surface area contributed by atoms with Crippen LogP contribution in [-0.2, 0) is 28.5 Å². The van der Waals surface area contributed by atoms with Crippen LogP contribution in [0.15, 0.2) is 9.98 Å². The summed E-state index contributed by atoms with van der Waals surface area (Å²) in [5.74, 6) is 0.633. The third-order valence-electron chi connectivity index (χ3n) is 7.24. The van der Waals surface area contributed by atoms with Gasteiger partial charge in [-0.2, -0.15) is 0 Å². The van der Waals surface area contributed by atoms with Crippen LogP contribution in [0.25, 0.3) is 0 Å². The van der Waals surface area contributed by atoms with Crippen LogP contribution < -0.4 is 10.6 Å². The molecule has 0 spiro atoms. The summed E-state index contributed by atoms with van der Waals surface area (Å²) in [6, 6.07) is 0. The van der Waals surface area contributed by atoms with Crippen LogP contribution >= 0.6 is 0 Å². The van der Waals surface area contributed by atoms with E-state index in [1.165, 1.54) is 0 Å². The number of nitrogens with zero attached hydrogens (tertiary/aromatic N) is 2. The van der Waals surface area contributed by atoms with Crippen molar-refractivity contribution in [3.8, 4) is 0 Å². The molecular formula is C28H46N4O8. The molecule has 0 aromatic rings. The van der Waals surface area contributed by atoms with Gasteiger partial charge in [-0.05, 0) is 48.3 Å². The Balaban J connectivity index is 1.66. The number of rotatable bonds is 16. The van der Waals surface area contributed by atoms with Gasteiger partial charge in [-0.1, -0.05) is 41.5 Å². The van der Waals surface area contributed by atoms with Gasteiger partial charge in [-0.3, -0.25) is 0 Å². The van der Waals surface area contributed by atoms with Gasteiger partial charge in [0.1, 0.15) is 12.2 Å². The molecule has 2 amide bonds. The third-order valence-corrected chi connectivity index (χ3v) is 7.24. The first kappa shape index (κ1) is 33.4. The lowest BCUT2D eigenvalue weighted by atomic mass is 9.82. The fourth-order valence-corrected chi connectivity index (χ4v) is 5.54. The van der Waals surface area contributed by atoms with Gasteiger partial charge in [0.15, 0.2) is 12.2 Å². The fourth-order valence-electron chi connectivity index (χ4n) is 5.54. The van der Waals surface area contributed by atoms with Crippen molar-refractivity contribution in [1.29, 1.82) is 0 Å². The van der Waals surface area contributed by atoms with Crippen molar-refractivity contribution >= 4 is 24.3 Å². The first-order chi connectivity index (χ1) is 18.9. The average Bonchev–Trinajstić information content (AvgIpc) is 3.44. The summed E-state index contributed by atoms with van der Waals surface area (Å²) < 4.78 is 22.6. The van der Waals surface area contributed by atoms with Gasteiger partial charge in [-0.15, -0.1) is 0 Å². The van der Waals surface area contributed by atoms with E-state index < -0.39 is 36.6 Å². The molecule has 0 aromatic heterocycles. The summed E-state index contributed by atoms with van der Waals surface area (Å²) in [6.45, 7) is 14.4. The van der Waals surface area contributed by atoms with E-state index in [1.807, 2.05) is 27.7 Å². The Hall–Kier alpha value is -2.78. The predicted molar refractivity (Wildman–Crippen MR) is 146 cm³/mol. The number of isocyanates is 2. The molecule has 2 fully saturated rings. The maximum Gasteiger partial charge on any atom is 0.407 e. The van der Waals surface area contributed by atoms with Crippen LogP contribution in [0.4, 0.5) is 9.59 Å². The Labute approximate surface area is 237 Å². The van der Waals surface area contributed by atoms with Gasteiger partial charge < -0.3 is 29.6 Å². The molecule has 2 heterocycles. The second-order valence-corrected chi connectivity index (χ2v) is 12.7. The molecule has 0 aromatic carbocycles. The summed E-state index contributed by atoms with van der Waals surface area (Å²) in [6.07, 6.45) is 3.10. The number of carbonyl (C=O) groups excluding carboxylic acids is 4. The number of hydrogen-bond donors (Lipinski definition) is 2. The van der Waals surface area contributed by atoms with E-state index in [9.17, 15) is 19.2 Å². The summed E-state index contributed by atoms with van der Waals surface area (Å²) in [7, 11) is 0. The fraction of sp³-hybridized carbons (Fsp3) is 0.857. The Bertz CT molecular complexity index is 855. The number of ether oxygens (including phenoxy) is 4. The van der Waals surface area contributed by atoms with E-state index in [4.69, 9.17) is 18.9 Å². The first-order valence-corrected chi connectivity index (χ1v) is 14.1. The minimum Gasteiger partial charge on any atom is -0.441 e. The number of alkyl carbamates (subject to hydrolysis) is 2. The monoisotopic (exact) mass is 566 g/mol. The van der Waals surface area contributed by atoms with Crippen molar-refractivity contribution in [2.24, 2.45) is 32.7 Å². The molecule has 2 unspecified atom stereocenters. The lowest BCUT2D eigenvalue weighted by molar-refractivity contribution is -0.0119. The first-order valence-electron chi connectivity index (χ1n) is 14.1. The van der Waals surface area contributed by atoms with Crippen LogP contribution in [0.5, 0.6) is 0 Å². The Morgan fingerprint density at radius 2 is 1.18 bits per heavy atom. The van der Waals surface area contributed by atoms with E-state index in [-0.39, 0.29) is 24.0 Å². The van der Waals surface area contributed by atoms with Crippen molar-refractivity contribution in [2.45, 2.75) is 91.6 Å². The molecule has 6 atom stereocenters. The van der Waals surface area contributed by atoms with Gasteiger partial charge in [0.2, 0.25) is 12.2 Å². The number of amides is 2. The number of aliphatic imine (C=N–C) groups is 2. The second-order valence-electron chi connectivity index (χ2n) is 12.7. The average molecular weight is 567 g/mol. The smallest absolute Gasteiger partial charge is 0.407 e. The molecule has 226 valence electrons. The molecule has 0 saturated carbocycles. The van der Waals surface area contributed by atoms with Gasteiger partial charge in [0.05, 0.1) is 26.3 Å². The summed E-state index contributed by atoms with van der Waals surface area (Å²) in [4.78, 5) is 52.8. The molecule has 0 aliphatic carbocycles. The Morgan fingerprint density at radius 1 is 0.800 bits per heavy atom. The topological polar surface area (TPSA) is 154 Å². The zero-order chi connectivity index (χ0) is 29.8. The molecule has 2 aliphatic rings. The SMILES string of the molecule is CC(CCNC(=O)O[C@H]1CO[C@H]2[C@@H]1OC[C@H]2OC(=O)NCCC(C)CC(C)(C)CN=C=O)CC(C)(C)CN=C=O. The van der Waals surface area contributed by atoms with Crippen LogP contribution in [-0.4, -0.2) is 88.2 Å². The van der Waals surface area contributed by atoms with E-state index >= 15 is 0 Å². The van der Waals surface area contributed by atoms with E-state index in [0.29, 0.717) is 38.0 Å². The molecule has 0 bridgehead atoms. The van der Waals surface area contributed by atoms with Crippen molar-refractivity contribution in [3.63, 3.8) is 0 Å². The highest BCUT2D eigenvalue weighted by molar-refractivity contribution is 5.68. The largest absolute Gasteiger partial charge is 0.441 e. The van der Waals surface area contributed by atoms with Crippen LogP contribution in [0.1, 0.15) is 67.2 Å². The summed E-state index contributed by atoms with van der Waals surface area (Å²) in [5.41, 5.74) is -0.237. The Kier molecular flexibility index (Phi) is 13.3. The van der Waals surface area contributed by atoms with Crippen molar-refractivity contribution in [3.05, 3.63) is 0 Å². The minimum atomic E-state index is -0.591. The van der Waals surface area contributed by atoms with Crippen LogP contribution in [0, 0.1) is 22.7 Å². The molecule has 0 radical (unpaired) electrons. The third kappa shape index (κ3) is 11.8. The quantitative estimate of drug-likeness (QED) is 0.212. The zero-order valence-corrected chi connectivity index (χ0v) is 24.7. The lowest BCUT2D eigenvalue weighted by Crippen LogP contribution is -2.39. The van der Waals surface area contributed by atoms with Crippen LogP contribution in [0.2, 0.25) is 0 Å². The van der Waals surface area contributed by atoms with Crippen molar-refractivity contribution < 1.29 is 38.1 Å². The number of carbonyl (C=O) groups is 2. The molecule has 2 N–H and O–H groups in total. The Morgan fingerprint density at radius 3 is 1.52 bits per heavy atom. The standard InChI is InChI=1S/C28H46N4O8/c1-19(11-27(3,4)15-29-17-33)7-9-31-25(35)39-21-13-37-24-22(14-38-23(21)24)40-26(36)32-10-8-20(2)12-28(5,6)16-30-18-34/h19-24H,7-16H2,1-6H3,(H,31,35)(H,32,36)/t19?,20?,21-,22+,23-,24-/m1/s1. The number of fused-ring (bicyclic) bond motifs is 1. The van der Waals surface area contributed by atoms with Crippen LogP contribution in [0.3, 0.4) is 0 Å². The molecule has 2 rings (SSSR count). The van der Waals surface area contributed by atoms with Crippen molar-refractivity contribution in [1.82, 2.24) is 10.6 Å². The molecule has 2 aliphatic heterocycles. The predicted octanol–water partition coefficient (Wildman–Crippen LogP) is 3.53. The van der Waals surface area contributed by atoms with E-state index in [2.05, 4.69) is 34.5 Å². The maximum atomic E-state index is 12.3. The number of hydrogen-bond acceptors (Lipinski definition) is 10. The molecule has 2 saturated heterocycles. The molecule has 12 heteroatoms. The summed E-state index contributed by atoms with van der Waals surface area (Å²) >= 11 is 0. The van der Waals surface area contributed by atoms with Crippen molar-refractivity contribution in [2.75, 3.05) is 39.4 Å². The zero-order valence-electron chi connectivity index (χ0n) is 24.7. The van der Waals surface area contributed by atoms with Gasteiger partial charge in [-0.25, -0.2) is 29.2 Å². The lowest BCUT2D eigenvalue weighted by Gasteiger charge is -2.25. The summed E-state index contributed by atoms with van der Waals surface area (Å²) in [5, 5.41) is 5.55. The number of nitrogens with one attached hydrogen (secondary N) is 2. The minimum absolute atomic E-state index is 0.118. The van der Waals surface area contributed by atoms with E-state index in [1.54, 1.807) is 12.2 Å². The van der Waals surface area contributed by atoms with Gasteiger partial charge in [0, 0.05) is 13.1 Å². The molecule has 12 nitrogen and oxygen atoms in total. The molecule has 40 heavy (non-hydrogen) atoms. The van der Waals surface area contributed by atoms with Gasteiger partial charge in [0.25, 0.3) is 0 Å². The van der Waals surface area contributed by atoms with E-state index in [0.717, 1.165) is 25.7 Å². The highest BCUT2D eigenvalue weighted by atomic mass is 16.7. The second kappa shape index (κ2) is 15.9.